The molecule has 0 bridgehead atoms. The Morgan fingerprint density at radius 3 is 2.42 bits per heavy atom. The normalized spacial score (nSPS) is 15.9. The quantitative estimate of drug-likeness (QED) is 0.283. The first kappa shape index (κ1) is 26.4. The Balaban J connectivity index is 1.35. The van der Waals surface area contributed by atoms with Crippen LogP contribution in [0.15, 0.2) is 48.5 Å². The monoisotopic (exact) mass is 557 g/mol. The molecule has 0 atom stereocenters. The molecule has 206 valence electrons. The van der Waals surface area contributed by atoms with Crippen LogP contribution in [0.4, 0.5) is 4.79 Å². The summed E-state index contributed by atoms with van der Waals surface area (Å²) in [4.78, 5) is 40.7. The number of ketones is 1. The van der Waals surface area contributed by atoms with Crippen LogP contribution in [0.3, 0.4) is 0 Å². The van der Waals surface area contributed by atoms with Crippen molar-refractivity contribution in [1.82, 2.24) is 14.8 Å². The number of hydrogen-bond acceptors (Lipinski definition) is 4. The van der Waals surface area contributed by atoms with Gasteiger partial charge in [0.2, 0.25) is 0 Å². The average Bonchev–Trinajstić information content (AvgIpc) is 3.44. The maximum atomic E-state index is 13.6. The number of piperidine rings is 1. The fourth-order valence-electron chi connectivity index (χ4n) is 6.06. The van der Waals surface area contributed by atoms with Gasteiger partial charge in [-0.1, -0.05) is 41.9 Å². The topological polar surface area (TPSA) is 80.6 Å². The molecule has 0 aliphatic carbocycles. The van der Waals surface area contributed by atoms with E-state index in [1.54, 1.807) is 4.90 Å². The molecule has 2 aliphatic rings. The van der Waals surface area contributed by atoms with Gasteiger partial charge in [0.1, 0.15) is 5.60 Å². The van der Waals surface area contributed by atoms with Crippen molar-refractivity contribution in [1.29, 1.82) is 0 Å². The maximum absolute atomic E-state index is 13.6. The van der Waals surface area contributed by atoms with Gasteiger partial charge in [0, 0.05) is 70.6 Å². The number of nitrogens with zero attached hydrogens (tertiary/aromatic N) is 2. The van der Waals surface area contributed by atoms with Gasteiger partial charge in [-0.3, -0.25) is 9.59 Å². The standard InChI is InChI=1S/C32H32ClN3O4/c1-32(2,3)40-31(39)36-13-11-18(12-14-36)29(37)19-9-10-21-25(15-19)35(4)26-16-22(20-7-5-6-8-24(20)33)28-23(27(21)26)17-34-30(28)38/h5-10,15-16,18H,11-14,17H2,1-4H3,(H,34,38). The maximum Gasteiger partial charge on any atom is 0.410 e. The molecule has 3 heterocycles. The van der Waals surface area contributed by atoms with Crippen LogP contribution in [0.1, 0.15) is 59.9 Å². The van der Waals surface area contributed by atoms with Crippen molar-refractivity contribution in [2.75, 3.05) is 13.1 Å². The van der Waals surface area contributed by atoms with Crippen LogP contribution in [-0.2, 0) is 18.3 Å². The van der Waals surface area contributed by atoms with Gasteiger partial charge in [-0.2, -0.15) is 0 Å². The number of fused-ring (bicyclic) bond motifs is 5. The van der Waals surface area contributed by atoms with Crippen molar-refractivity contribution in [2.45, 2.75) is 45.8 Å². The molecule has 3 aromatic carbocycles. The van der Waals surface area contributed by atoms with Crippen molar-refractivity contribution in [3.8, 4) is 11.1 Å². The molecule has 0 saturated carbocycles. The minimum atomic E-state index is -0.546. The fourth-order valence-corrected chi connectivity index (χ4v) is 6.30. The van der Waals surface area contributed by atoms with Gasteiger partial charge in [-0.05, 0) is 62.9 Å². The second-order valence-corrected chi connectivity index (χ2v) is 12.1. The molecule has 1 fully saturated rings. The number of nitrogens with one attached hydrogen (secondary N) is 1. The zero-order chi connectivity index (χ0) is 28.3. The van der Waals surface area contributed by atoms with Crippen LogP contribution in [-0.4, -0.2) is 45.9 Å². The lowest BCUT2D eigenvalue weighted by Crippen LogP contribution is -2.43. The molecule has 2 aliphatic heterocycles. The lowest BCUT2D eigenvalue weighted by Gasteiger charge is -2.33. The number of benzene rings is 3. The first-order valence-corrected chi connectivity index (χ1v) is 14.0. The predicted octanol–water partition coefficient (Wildman–Crippen LogP) is 6.73. The molecule has 4 aromatic rings. The number of hydrogen-bond donors (Lipinski definition) is 1. The van der Waals surface area contributed by atoms with Crippen molar-refractivity contribution in [2.24, 2.45) is 13.0 Å². The van der Waals surface area contributed by atoms with Crippen molar-refractivity contribution < 1.29 is 19.1 Å². The number of likely N-dealkylation sites (tertiary alicyclic amines) is 1. The fraction of sp³-hybridized carbons (Fsp3) is 0.344. The molecule has 0 radical (unpaired) electrons. The highest BCUT2D eigenvalue weighted by atomic mass is 35.5. The van der Waals surface area contributed by atoms with Crippen molar-refractivity contribution in [3.05, 3.63) is 70.2 Å². The zero-order valence-corrected chi connectivity index (χ0v) is 23.9. The van der Waals surface area contributed by atoms with Gasteiger partial charge in [0.25, 0.3) is 5.91 Å². The summed E-state index contributed by atoms with van der Waals surface area (Å²) in [6.07, 6.45) is 0.883. The van der Waals surface area contributed by atoms with E-state index in [2.05, 4.69) is 9.88 Å². The Morgan fingerprint density at radius 1 is 1.00 bits per heavy atom. The number of ether oxygens (including phenoxy) is 1. The third-order valence-electron chi connectivity index (χ3n) is 8.02. The number of aromatic nitrogens is 1. The van der Waals surface area contributed by atoms with Crippen LogP contribution < -0.4 is 5.32 Å². The van der Waals surface area contributed by atoms with E-state index in [1.807, 2.05) is 76.3 Å². The minimum absolute atomic E-state index is 0.0924. The molecule has 2 amide bonds. The first-order chi connectivity index (χ1) is 19.0. The zero-order valence-electron chi connectivity index (χ0n) is 23.1. The summed E-state index contributed by atoms with van der Waals surface area (Å²) in [5, 5.41) is 5.61. The van der Waals surface area contributed by atoms with Crippen LogP contribution in [0.25, 0.3) is 32.9 Å². The molecule has 0 unspecified atom stereocenters. The Kier molecular flexibility index (Phi) is 6.37. The molecule has 7 nitrogen and oxygen atoms in total. The van der Waals surface area contributed by atoms with E-state index >= 15 is 0 Å². The van der Waals surface area contributed by atoms with Crippen LogP contribution in [0.2, 0.25) is 5.02 Å². The summed E-state index contributed by atoms with van der Waals surface area (Å²) in [6.45, 7) is 7.00. The molecule has 1 saturated heterocycles. The number of Topliss-reactive ketones (excluding diaryl/α,β-unsaturated/α-hetero) is 1. The van der Waals surface area contributed by atoms with Gasteiger partial charge in [-0.25, -0.2) is 4.79 Å². The van der Waals surface area contributed by atoms with Gasteiger partial charge in [0.05, 0.1) is 5.56 Å². The molecule has 40 heavy (non-hydrogen) atoms. The van der Waals surface area contributed by atoms with Gasteiger partial charge < -0.3 is 19.5 Å². The van der Waals surface area contributed by atoms with Gasteiger partial charge >= 0.3 is 6.09 Å². The van der Waals surface area contributed by atoms with E-state index in [0.717, 1.165) is 38.5 Å². The van der Waals surface area contributed by atoms with E-state index in [1.165, 1.54) is 0 Å². The van der Waals surface area contributed by atoms with Crippen LogP contribution in [0.5, 0.6) is 0 Å². The summed E-state index contributed by atoms with van der Waals surface area (Å²) >= 11 is 6.56. The Labute approximate surface area is 238 Å². The van der Waals surface area contributed by atoms with Crippen molar-refractivity contribution in [3.63, 3.8) is 0 Å². The average molecular weight is 558 g/mol. The predicted molar refractivity (Wildman–Crippen MR) is 157 cm³/mol. The summed E-state index contributed by atoms with van der Waals surface area (Å²) in [5.74, 6) is -0.160. The number of rotatable bonds is 3. The van der Waals surface area contributed by atoms with E-state index < -0.39 is 5.60 Å². The largest absolute Gasteiger partial charge is 0.444 e. The smallest absolute Gasteiger partial charge is 0.410 e. The van der Waals surface area contributed by atoms with Crippen molar-refractivity contribution >= 4 is 51.2 Å². The molecule has 1 N–H and O–H groups in total. The molecular formula is C32H32ClN3O4. The third-order valence-corrected chi connectivity index (χ3v) is 8.35. The molecular weight excluding hydrogens is 526 g/mol. The summed E-state index contributed by atoms with van der Waals surface area (Å²) < 4.78 is 7.59. The number of carbonyl (C=O) groups excluding carboxylic acids is 3. The van der Waals surface area contributed by atoms with Crippen LogP contribution in [0, 0.1) is 5.92 Å². The Bertz CT molecular complexity index is 1710. The Morgan fingerprint density at radius 2 is 1.73 bits per heavy atom. The SMILES string of the molecule is Cn1c2cc(C(=O)C3CCN(C(=O)OC(C)(C)C)CC3)ccc2c2c3c(c(-c4ccccc4Cl)cc21)C(=O)NC3. The minimum Gasteiger partial charge on any atom is -0.444 e. The summed E-state index contributed by atoms with van der Waals surface area (Å²) in [5.41, 5.74) is 5.27. The highest BCUT2D eigenvalue weighted by Gasteiger charge is 2.32. The van der Waals surface area contributed by atoms with Gasteiger partial charge in [-0.15, -0.1) is 0 Å². The Hall–Kier alpha value is -3.84. The van der Waals surface area contributed by atoms with E-state index in [-0.39, 0.29) is 23.7 Å². The van der Waals surface area contributed by atoms with E-state index in [9.17, 15) is 14.4 Å². The molecule has 1 aromatic heterocycles. The number of halogens is 1. The second kappa shape index (κ2) is 9.66. The molecule has 8 heteroatoms. The molecule has 6 rings (SSSR count). The highest BCUT2D eigenvalue weighted by molar-refractivity contribution is 6.34. The number of aryl methyl sites for hydroxylation is 1. The molecule has 0 spiro atoms. The number of amides is 2. The summed E-state index contributed by atoms with van der Waals surface area (Å²) in [7, 11) is 1.99. The van der Waals surface area contributed by atoms with E-state index in [0.29, 0.717) is 48.6 Å². The lowest BCUT2D eigenvalue weighted by atomic mass is 9.88. The van der Waals surface area contributed by atoms with E-state index in [4.69, 9.17) is 16.3 Å². The van der Waals surface area contributed by atoms with Crippen LogP contribution >= 0.6 is 11.6 Å². The summed E-state index contributed by atoms with van der Waals surface area (Å²) in [6, 6.07) is 15.4. The second-order valence-electron chi connectivity index (χ2n) is 11.7. The highest BCUT2D eigenvalue weighted by Crippen LogP contribution is 2.42. The number of carbonyl (C=O) groups is 3. The van der Waals surface area contributed by atoms with Gasteiger partial charge in [0.15, 0.2) is 5.78 Å². The third kappa shape index (κ3) is 4.42. The first-order valence-electron chi connectivity index (χ1n) is 13.7. The lowest BCUT2D eigenvalue weighted by molar-refractivity contribution is 0.0182.